The number of nitriles is 1. The van der Waals surface area contributed by atoms with Crippen molar-refractivity contribution >= 4 is 34.7 Å². The average Bonchev–Trinajstić information content (AvgIpc) is 2.74. The lowest BCUT2D eigenvalue weighted by Gasteiger charge is -2.36. The highest BCUT2D eigenvalue weighted by Gasteiger charge is 2.19. The minimum absolute atomic E-state index is 0.581. The number of benzene rings is 2. The third-order valence-electron chi connectivity index (χ3n) is 4.69. The summed E-state index contributed by atoms with van der Waals surface area (Å²) in [6.45, 7) is 3.40. The summed E-state index contributed by atoms with van der Waals surface area (Å²) in [6.07, 6.45) is 1.74. The molecule has 0 amide bonds. The minimum Gasteiger partial charge on any atom is -0.368 e. The number of halogens is 1. The van der Waals surface area contributed by atoms with Crippen LogP contribution in [0.15, 0.2) is 60.8 Å². The molecule has 1 N–H and O–H groups in total. The Hall–Kier alpha value is -3.30. The Labute approximate surface area is 169 Å². The number of piperazine rings is 1. The standard InChI is InChI=1S/C21H19ClN6/c22-17-5-3-6-18(14-17)27-10-12-28(13-11-27)21-24-9-8-20(26-21)25-19-7-2-1-4-16(19)15-23/h1-9,14H,10-13H2,(H,24,25,26). The van der Waals surface area contributed by atoms with Crippen LogP contribution in [0.2, 0.25) is 5.02 Å². The number of para-hydroxylation sites is 1. The van der Waals surface area contributed by atoms with Gasteiger partial charge >= 0.3 is 0 Å². The zero-order valence-corrected chi connectivity index (χ0v) is 16.0. The molecule has 28 heavy (non-hydrogen) atoms. The van der Waals surface area contributed by atoms with Crippen LogP contribution in [0.5, 0.6) is 0 Å². The Morgan fingerprint density at radius 2 is 1.75 bits per heavy atom. The van der Waals surface area contributed by atoms with E-state index in [4.69, 9.17) is 11.6 Å². The first kappa shape index (κ1) is 18.1. The molecule has 0 spiro atoms. The van der Waals surface area contributed by atoms with Gasteiger partial charge in [-0.05, 0) is 36.4 Å². The number of anilines is 4. The molecule has 1 saturated heterocycles. The zero-order chi connectivity index (χ0) is 19.3. The highest BCUT2D eigenvalue weighted by atomic mass is 35.5. The minimum atomic E-state index is 0.581. The van der Waals surface area contributed by atoms with Crippen molar-refractivity contribution in [3.63, 3.8) is 0 Å². The van der Waals surface area contributed by atoms with Crippen molar-refractivity contribution in [3.05, 3.63) is 71.4 Å². The van der Waals surface area contributed by atoms with Crippen LogP contribution in [0.25, 0.3) is 0 Å². The summed E-state index contributed by atoms with van der Waals surface area (Å²) in [7, 11) is 0. The van der Waals surface area contributed by atoms with E-state index in [1.54, 1.807) is 18.3 Å². The molecule has 1 fully saturated rings. The van der Waals surface area contributed by atoms with Crippen LogP contribution < -0.4 is 15.1 Å². The molecule has 6 nitrogen and oxygen atoms in total. The van der Waals surface area contributed by atoms with Gasteiger partial charge in [-0.3, -0.25) is 0 Å². The van der Waals surface area contributed by atoms with Crippen molar-refractivity contribution in [3.8, 4) is 6.07 Å². The lowest BCUT2D eigenvalue weighted by molar-refractivity contribution is 0.640. The van der Waals surface area contributed by atoms with Gasteiger partial charge in [-0.1, -0.05) is 29.8 Å². The number of aromatic nitrogens is 2. The first-order valence-corrected chi connectivity index (χ1v) is 9.45. The lowest BCUT2D eigenvalue weighted by Crippen LogP contribution is -2.47. The Morgan fingerprint density at radius 3 is 2.54 bits per heavy atom. The fourth-order valence-corrected chi connectivity index (χ4v) is 3.42. The molecular weight excluding hydrogens is 372 g/mol. The largest absolute Gasteiger partial charge is 0.368 e. The fraction of sp³-hybridized carbons (Fsp3) is 0.190. The molecule has 140 valence electrons. The van der Waals surface area contributed by atoms with Gasteiger partial charge in [0.15, 0.2) is 0 Å². The number of nitrogens with zero attached hydrogens (tertiary/aromatic N) is 5. The summed E-state index contributed by atoms with van der Waals surface area (Å²) in [5.74, 6) is 1.36. The van der Waals surface area contributed by atoms with Crippen LogP contribution in [-0.4, -0.2) is 36.1 Å². The molecular formula is C21H19ClN6. The van der Waals surface area contributed by atoms with Gasteiger partial charge in [0.1, 0.15) is 11.9 Å². The van der Waals surface area contributed by atoms with Crippen LogP contribution in [0, 0.1) is 11.3 Å². The maximum atomic E-state index is 9.25. The molecule has 7 heteroatoms. The maximum Gasteiger partial charge on any atom is 0.227 e. The molecule has 2 aromatic carbocycles. The number of hydrogen-bond donors (Lipinski definition) is 1. The Kier molecular flexibility index (Phi) is 5.27. The van der Waals surface area contributed by atoms with E-state index in [0.717, 1.165) is 42.6 Å². The fourth-order valence-electron chi connectivity index (χ4n) is 3.24. The van der Waals surface area contributed by atoms with Gasteiger partial charge in [-0.2, -0.15) is 10.2 Å². The summed E-state index contributed by atoms with van der Waals surface area (Å²) in [5.41, 5.74) is 2.45. The molecule has 4 rings (SSSR count). The quantitative estimate of drug-likeness (QED) is 0.724. The molecule has 0 unspecified atom stereocenters. The third kappa shape index (κ3) is 4.00. The smallest absolute Gasteiger partial charge is 0.227 e. The van der Waals surface area contributed by atoms with E-state index < -0.39 is 0 Å². The Bertz CT molecular complexity index is 1010. The highest BCUT2D eigenvalue weighted by Crippen LogP contribution is 2.23. The zero-order valence-electron chi connectivity index (χ0n) is 15.2. The van der Waals surface area contributed by atoms with Gasteiger partial charge in [-0.15, -0.1) is 0 Å². The van der Waals surface area contributed by atoms with E-state index in [1.165, 1.54) is 0 Å². The van der Waals surface area contributed by atoms with E-state index in [1.807, 2.05) is 36.4 Å². The molecule has 1 aliphatic heterocycles. The van der Waals surface area contributed by atoms with E-state index in [-0.39, 0.29) is 0 Å². The number of hydrogen-bond acceptors (Lipinski definition) is 6. The van der Waals surface area contributed by atoms with Crippen LogP contribution in [0.3, 0.4) is 0 Å². The first-order valence-electron chi connectivity index (χ1n) is 9.07. The first-order chi connectivity index (χ1) is 13.7. The lowest BCUT2D eigenvalue weighted by atomic mass is 10.2. The maximum absolute atomic E-state index is 9.25. The van der Waals surface area contributed by atoms with E-state index in [2.05, 4.69) is 37.2 Å². The van der Waals surface area contributed by atoms with Gasteiger partial charge in [-0.25, -0.2) is 4.98 Å². The van der Waals surface area contributed by atoms with Crippen molar-refractivity contribution in [1.29, 1.82) is 5.26 Å². The highest BCUT2D eigenvalue weighted by molar-refractivity contribution is 6.30. The van der Waals surface area contributed by atoms with Crippen LogP contribution >= 0.6 is 11.6 Å². The topological polar surface area (TPSA) is 68.1 Å². The third-order valence-corrected chi connectivity index (χ3v) is 4.92. The summed E-state index contributed by atoms with van der Waals surface area (Å²) in [6, 6.07) is 19.3. The second kappa shape index (κ2) is 8.15. The molecule has 0 atom stereocenters. The normalized spacial score (nSPS) is 13.9. The van der Waals surface area contributed by atoms with Crippen molar-refractivity contribution in [2.75, 3.05) is 41.3 Å². The monoisotopic (exact) mass is 390 g/mol. The molecule has 1 aliphatic rings. The number of nitrogens with one attached hydrogen (secondary N) is 1. The molecule has 0 bridgehead atoms. The van der Waals surface area contributed by atoms with E-state index >= 15 is 0 Å². The molecule has 0 saturated carbocycles. The van der Waals surface area contributed by atoms with Crippen LogP contribution in [0.4, 0.5) is 23.1 Å². The predicted molar refractivity (Wildman–Crippen MR) is 112 cm³/mol. The van der Waals surface area contributed by atoms with Crippen molar-refractivity contribution in [2.45, 2.75) is 0 Å². The van der Waals surface area contributed by atoms with Gasteiger partial charge in [0.05, 0.1) is 11.3 Å². The van der Waals surface area contributed by atoms with Crippen LogP contribution in [-0.2, 0) is 0 Å². The van der Waals surface area contributed by atoms with E-state index in [9.17, 15) is 5.26 Å². The van der Waals surface area contributed by atoms with E-state index in [0.29, 0.717) is 17.3 Å². The van der Waals surface area contributed by atoms with Gasteiger partial charge in [0.2, 0.25) is 5.95 Å². The molecule has 0 aliphatic carbocycles. The van der Waals surface area contributed by atoms with Gasteiger partial charge < -0.3 is 15.1 Å². The van der Waals surface area contributed by atoms with Gasteiger partial charge in [0.25, 0.3) is 0 Å². The van der Waals surface area contributed by atoms with Gasteiger partial charge in [0, 0.05) is 43.1 Å². The Balaban J connectivity index is 1.45. The molecule has 2 heterocycles. The second-order valence-corrected chi connectivity index (χ2v) is 6.91. The second-order valence-electron chi connectivity index (χ2n) is 6.48. The summed E-state index contributed by atoms with van der Waals surface area (Å²) >= 11 is 6.11. The van der Waals surface area contributed by atoms with Crippen molar-refractivity contribution < 1.29 is 0 Å². The SMILES string of the molecule is N#Cc1ccccc1Nc1ccnc(N2CCN(c3cccc(Cl)c3)CC2)n1. The summed E-state index contributed by atoms with van der Waals surface area (Å²) < 4.78 is 0. The molecule has 1 aromatic heterocycles. The predicted octanol–water partition coefficient (Wildman–Crippen LogP) is 4.07. The van der Waals surface area contributed by atoms with Crippen molar-refractivity contribution in [2.24, 2.45) is 0 Å². The number of rotatable bonds is 4. The molecule has 0 radical (unpaired) electrons. The van der Waals surface area contributed by atoms with Crippen molar-refractivity contribution in [1.82, 2.24) is 9.97 Å². The summed E-state index contributed by atoms with van der Waals surface area (Å²) in [4.78, 5) is 13.5. The average molecular weight is 391 g/mol. The Morgan fingerprint density at radius 1 is 0.964 bits per heavy atom. The molecule has 3 aromatic rings. The summed E-state index contributed by atoms with van der Waals surface area (Å²) in [5, 5.41) is 13.2. The van der Waals surface area contributed by atoms with Crippen LogP contribution in [0.1, 0.15) is 5.56 Å².